The molecule has 0 unspecified atom stereocenters. The maximum Gasteiger partial charge on any atom is 0.222 e. The van der Waals surface area contributed by atoms with Gasteiger partial charge in [0.1, 0.15) is 0 Å². The molecule has 0 saturated carbocycles. The Morgan fingerprint density at radius 3 is 2.32 bits per heavy atom. The lowest BCUT2D eigenvalue weighted by molar-refractivity contribution is -0.132. The molecule has 2 N–H and O–H groups in total. The van der Waals surface area contributed by atoms with Gasteiger partial charge >= 0.3 is 0 Å². The van der Waals surface area contributed by atoms with E-state index in [1.165, 1.54) is 9.80 Å². The van der Waals surface area contributed by atoms with Crippen LogP contribution in [-0.2, 0) is 4.79 Å². The van der Waals surface area contributed by atoms with Crippen LogP contribution in [0.5, 0.6) is 0 Å². The summed E-state index contributed by atoms with van der Waals surface area (Å²) in [7, 11) is 0. The number of carbonyl (C=O) groups excluding carboxylic acids is 1. The number of aliphatic hydroxyl groups is 2. The Morgan fingerprint density at radius 2 is 1.74 bits per heavy atom. The predicted molar refractivity (Wildman–Crippen MR) is 77.2 cm³/mol. The van der Waals surface area contributed by atoms with Gasteiger partial charge in [-0.3, -0.25) is 4.79 Å². The summed E-state index contributed by atoms with van der Waals surface area (Å²) < 4.78 is 0. The molecule has 1 amide bonds. The van der Waals surface area contributed by atoms with E-state index in [4.69, 9.17) is 10.2 Å². The third kappa shape index (κ3) is 6.61. The van der Waals surface area contributed by atoms with Crippen LogP contribution in [0.25, 0.3) is 0 Å². The summed E-state index contributed by atoms with van der Waals surface area (Å²) >= 11 is 1.73. The maximum absolute atomic E-state index is 11.8. The Bertz CT molecular complexity index is 353. The smallest absolute Gasteiger partial charge is 0.222 e. The van der Waals surface area contributed by atoms with Gasteiger partial charge in [-0.15, -0.1) is 11.8 Å². The summed E-state index contributed by atoms with van der Waals surface area (Å²) in [6, 6.07) is 10.1. The first-order valence-electron chi connectivity index (χ1n) is 6.45. The second-order valence-corrected chi connectivity index (χ2v) is 5.26. The molecule has 106 valence electrons. The zero-order chi connectivity index (χ0) is 13.9. The van der Waals surface area contributed by atoms with Crippen LogP contribution in [0.3, 0.4) is 0 Å². The molecule has 0 radical (unpaired) electrons. The zero-order valence-corrected chi connectivity index (χ0v) is 11.8. The fraction of sp³-hybridized carbons (Fsp3) is 0.500. The number of hydrogen-bond acceptors (Lipinski definition) is 4. The van der Waals surface area contributed by atoms with Crippen molar-refractivity contribution in [1.29, 1.82) is 0 Å². The minimum Gasteiger partial charge on any atom is -0.395 e. The second-order valence-electron chi connectivity index (χ2n) is 4.09. The Balaban J connectivity index is 2.22. The van der Waals surface area contributed by atoms with Crippen molar-refractivity contribution >= 4 is 17.7 Å². The van der Waals surface area contributed by atoms with Crippen molar-refractivity contribution < 1.29 is 15.0 Å². The van der Waals surface area contributed by atoms with E-state index in [0.717, 1.165) is 12.2 Å². The average molecular weight is 283 g/mol. The van der Waals surface area contributed by atoms with Crippen LogP contribution in [0.1, 0.15) is 12.8 Å². The summed E-state index contributed by atoms with van der Waals surface area (Å²) in [5, 5.41) is 17.7. The molecule has 1 aromatic carbocycles. The van der Waals surface area contributed by atoms with Crippen LogP contribution >= 0.6 is 11.8 Å². The number of rotatable bonds is 9. The first kappa shape index (κ1) is 16.0. The monoisotopic (exact) mass is 283 g/mol. The lowest BCUT2D eigenvalue weighted by atomic mass is 10.3. The molecule has 1 rings (SSSR count). The zero-order valence-electron chi connectivity index (χ0n) is 11.0. The van der Waals surface area contributed by atoms with Gasteiger partial charge in [-0.2, -0.15) is 0 Å². The predicted octanol–water partition coefficient (Wildman–Crippen LogP) is 1.37. The molecule has 0 aliphatic carbocycles. The molecule has 4 nitrogen and oxygen atoms in total. The lowest BCUT2D eigenvalue weighted by Crippen LogP contribution is -2.35. The third-order valence-corrected chi connectivity index (χ3v) is 3.74. The molecule has 0 heterocycles. The Morgan fingerprint density at radius 1 is 1.11 bits per heavy atom. The van der Waals surface area contributed by atoms with E-state index in [2.05, 4.69) is 12.1 Å². The molecule has 0 aliphatic rings. The molecule has 1 aromatic rings. The molecule has 0 bridgehead atoms. The topological polar surface area (TPSA) is 60.8 Å². The highest BCUT2D eigenvalue weighted by Gasteiger charge is 2.11. The molecule has 0 saturated heterocycles. The van der Waals surface area contributed by atoms with Crippen molar-refractivity contribution in [2.45, 2.75) is 17.7 Å². The number of carbonyl (C=O) groups is 1. The number of aliphatic hydroxyl groups excluding tert-OH is 2. The summed E-state index contributed by atoms with van der Waals surface area (Å²) in [6.45, 7) is 0.464. The second kappa shape index (κ2) is 9.83. The van der Waals surface area contributed by atoms with E-state index in [9.17, 15) is 4.79 Å². The van der Waals surface area contributed by atoms with E-state index >= 15 is 0 Å². The molecule has 0 atom stereocenters. The van der Waals surface area contributed by atoms with Crippen molar-refractivity contribution in [2.75, 3.05) is 32.1 Å². The van der Waals surface area contributed by atoms with Gasteiger partial charge in [0.05, 0.1) is 13.2 Å². The van der Waals surface area contributed by atoms with E-state index in [-0.39, 0.29) is 19.1 Å². The molecular weight excluding hydrogens is 262 g/mol. The van der Waals surface area contributed by atoms with Gasteiger partial charge in [0, 0.05) is 24.4 Å². The summed E-state index contributed by atoms with van der Waals surface area (Å²) in [5.74, 6) is 0.888. The quantitative estimate of drug-likeness (QED) is 0.531. The highest BCUT2D eigenvalue weighted by Crippen LogP contribution is 2.18. The van der Waals surface area contributed by atoms with E-state index in [1.807, 2.05) is 18.2 Å². The van der Waals surface area contributed by atoms with Gasteiger partial charge in [-0.25, -0.2) is 0 Å². The summed E-state index contributed by atoms with van der Waals surface area (Å²) in [6.07, 6.45) is 1.26. The fourth-order valence-electron chi connectivity index (χ4n) is 1.69. The van der Waals surface area contributed by atoms with Crippen LogP contribution in [0, 0.1) is 0 Å². The van der Waals surface area contributed by atoms with Crippen LogP contribution in [0.2, 0.25) is 0 Å². The highest BCUT2D eigenvalue weighted by molar-refractivity contribution is 7.99. The van der Waals surface area contributed by atoms with Gasteiger partial charge < -0.3 is 15.1 Å². The van der Waals surface area contributed by atoms with Crippen molar-refractivity contribution in [3.8, 4) is 0 Å². The van der Waals surface area contributed by atoms with Crippen molar-refractivity contribution in [1.82, 2.24) is 4.90 Å². The van der Waals surface area contributed by atoms with Crippen LogP contribution in [0.15, 0.2) is 35.2 Å². The van der Waals surface area contributed by atoms with E-state index in [0.29, 0.717) is 19.5 Å². The number of nitrogens with zero attached hydrogens (tertiary/aromatic N) is 1. The lowest BCUT2D eigenvalue weighted by Gasteiger charge is -2.20. The molecule has 5 heteroatoms. The maximum atomic E-state index is 11.8. The largest absolute Gasteiger partial charge is 0.395 e. The fourth-order valence-corrected chi connectivity index (χ4v) is 2.56. The standard InChI is InChI=1S/C14H21NO3S/c16-10-8-15(9-11-17)14(18)7-4-12-19-13-5-2-1-3-6-13/h1-3,5-6,16-17H,4,7-12H2. The summed E-state index contributed by atoms with van der Waals surface area (Å²) in [5.41, 5.74) is 0. The van der Waals surface area contributed by atoms with Crippen LogP contribution in [-0.4, -0.2) is 53.1 Å². The van der Waals surface area contributed by atoms with Crippen molar-refractivity contribution in [2.24, 2.45) is 0 Å². The van der Waals surface area contributed by atoms with Crippen molar-refractivity contribution in [3.63, 3.8) is 0 Å². The van der Waals surface area contributed by atoms with Crippen LogP contribution in [0.4, 0.5) is 0 Å². The van der Waals surface area contributed by atoms with E-state index < -0.39 is 0 Å². The normalized spacial score (nSPS) is 10.4. The number of amides is 1. The van der Waals surface area contributed by atoms with Gasteiger partial charge in [-0.05, 0) is 24.3 Å². The highest BCUT2D eigenvalue weighted by atomic mass is 32.2. The number of hydrogen-bond donors (Lipinski definition) is 2. The molecule has 0 aromatic heterocycles. The average Bonchev–Trinajstić information content (AvgIpc) is 2.44. The number of thioether (sulfide) groups is 1. The van der Waals surface area contributed by atoms with E-state index in [1.54, 1.807) is 11.8 Å². The van der Waals surface area contributed by atoms with Crippen molar-refractivity contribution in [3.05, 3.63) is 30.3 Å². The van der Waals surface area contributed by atoms with Crippen LogP contribution < -0.4 is 0 Å². The molecule has 19 heavy (non-hydrogen) atoms. The Kier molecular flexibility index (Phi) is 8.29. The van der Waals surface area contributed by atoms with Gasteiger partial charge in [0.2, 0.25) is 5.91 Å². The van der Waals surface area contributed by atoms with Gasteiger partial charge in [-0.1, -0.05) is 18.2 Å². The first-order valence-corrected chi connectivity index (χ1v) is 7.44. The Labute approximate surface area is 118 Å². The molecule has 0 aliphatic heterocycles. The SMILES string of the molecule is O=C(CCCSc1ccccc1)N(CCO)CCO. The number of benzene rings is 1. The molecule has 0 spiro atoms. The molecular formula is C14H21NO3S. The summed E-state index contributed by atoms with van der Waals surface area (Å²) in [4.78, 5) is 14.5. The first-order chi connectivity index (χ1) is 9.27. The minimum absolute atomic E-state index is 0.00300. The van der Waals surface area contributed by atoms with Gasteiger partial charge in [0.25, 0.3) is 0 Å². The third-order valence-electron chi connectivity index (χ3n) is 2.64. The molecule has 0 fully saturated rings. The Hall–Kier alpha value is -1.04. The minimum atomic E-state index is -0.0650. The van der Waals surface area contributed by atoms with Gasteiger partial charge in [0.15, 0.2) is 0 Å².